The fourth-order valence-corrected chi connectivity index (χ4v) is 2.48. The van der Waals surface area contributed by atoms with E-state index < -0.39 is 0 Å². The van der Waals surface area contributed by atoms with Crippen molar-refractivity contribution in [2.24, 2.45) is 0 Å². The first-order valence-electron chi connectivity index (χ1n) is 4.48. The van der Waals surface area contributed by atoms with Gasteiger partial charge in [0.1, 0.15) is 5.78 Å². The van der Waals surface area contributed by atoms with E-state index in [1.165, 1.54) is 9.75 Å². The topological polar surface area (TPSA) is 17.1 Å². The molecule has 1 heterocycles. The van der Waals surface area contributed by atoms with Crippen molar-refractivity contribution >= 4 is 17.1 Å². The van der Waals surface area contributed by atoms with Gasteiger partial charge in [0, 0.05) is 21.6 Å². The molecule has 0 spiro atoms. The van der Waals surface area contributed by atoms with Crippen molar-refractivity contribution in [3.05, 3.63) is 21.9 Å². The second-order valence-electron chi connectivity index (χ2n) is 4.17. The first-order chi connectivity index (χ1) is 5.92. The van der Waals surface area contributed by atoms with E-state index in [2.05, 4.69) is 32.9 Å². The molecule has 0 radical (unpaired) electrons. The predicted molar refractivity (Wildman–Crippen MR) is 57.4 cm³/mol. The van der Waals surface area contributed by atoms with Gasteiger partial charge < -0.3 is 0 Å². The van der Waals surface area contributed by atoms with Gasteiger partial charge in [-0.3, -0.25) is 4.79 Å². The van der Waals surface area contributed by atoms with Crippen LogP contribution in [0.2, 0.25) is 0 Å². The summed E-state index contributed by atoms with van der Waals surface area (Å²) in [5.74, 6) is 0.260. The molecule has 2 heteroatoms. The largest absolute Gasteiger partial charge is 0.300 e. The number of carbonyl (C=O) groups excluding carboxylic acids is 1. The molecule has 0 amide bonds. The summed E-state index contributed by atoms with van der Waals surface area (Å²) < 4.78 is 0. The molecule has 0 saturated heterocycles. The average molecular weight is 196 g/mol. The Labute approximate surface area is 83.8 Å². The van der Waals surface area contributed by atoms with Crippen LogP contribution in [0.4, 0.5) is 0 Å². The van der Waals surface area contributed by atoms with Crippen molar-refractivity contribution in [3.8, 4) is 0 Å². The Kier molecular flexibility index (Phi) is 2.91. The number of hydrogen-bond donors (Lipinski definition) is 0. The Bertz CT molecular complexity index is 310. The number of rotatable bonds is 3. The van der Waals surface area contributed by atoms with E-state index in [0.717, 1.165) is 0 Å². The minimum absolute atomic E-state index is 0.00472. The molecular formula is C11H16OS. The molecule has 1 aromatic heterocycles. The monoisotopic (exact) mass is 196 g/mol. The summed E-state index contributed by atoms with van der Waals surface area (Å²) in [4.78, 5) is 13.7. The lowest BCUT2D eigenvalue weighted by molar-refractivity contribution is -0.117. The van der Waals surface area contributed by atoms with Gasteiger partial charge in [-0.1, -0.05) is 13.8 Å². The number of aryl methyl sites for hydroxylation is 1. The van der Waals surface area contributed by atoms with Crippen LogP contribution in [-0.4, -0.2) is 5.78 Å². The van der Waals surface area contributed by atoms with Crippen LogP contribution in [0, 0.1) is 6.92 Å². The van der Waals surface area contributed by atoms with Crippen LogP contribution in [0.1, 0.15) is 36.9 Å². The van der Waals surface area contributed by atoms with Gasteiger partial charge >= 0.3 is 0 Å². The first-order valence-corrected chi connectivity index (χ1v) is 5.30. The zero-order chi connectivity index (χ0) is 10.1. The minimum Gasteiger partial charge on any atom is -0.300 e. The maximum absolute atomic E-state index is 11.0. The SMILES string of the molecule is CC(=O)CC(C)(C)c1ccc(C)s1. The molecule has 0 unspecified atom stereocenters. The van der Waals surface area contributed by atoms with Gasteiger partial charge in [-0.2, -0.15) is 0 Å². The van der Waals surface area contributed by atoms with Gasteiger partial charge in [0.2, 0.25) is 0 Å². The highest BCUT2D eigenvalue weighted by Crippen LogP contribution is 2.32. The lowest BCUT2D eigenvalue weighted by Crippen LogP contribution is -2.18. The van der Waals surface area contributed by atoms with Crippen molar-refractivity contribution in [2.75, 3.05) is 0 Å². The van der Waals surface area contributed by atoms with Gasteiger partial charge in [-0.05, 0) is 26.0 Å². The molecule has 0 bridgehead atoms. The lowest BCUT2D eigenvalue weighted by atomic mass is 9.86. The number of Topliss-reactive ketones (excluding diaryl/α,β-unsaturated/α-hetero) is 1. The molecule has 0 fully saturated rings. The van der Waals surface area contributed by atoms with Gasteiger partial charge in [-0.15, -0.1) is 11.3 Å². The predicted octanol–water partition coefficient (Wildman–Crippen LogP) is 3.31. The fourth-order valence-electron chi connectivity index (χ4n) is 1.51. The summed E-state index contributed by atoms with van der Waals surface area (Å²) in [6.45, 7) is 8.00. The van der Waals surface area contributed by atoms with Crippen molar-refractivity contribution < 1.29 is 4.79 Å². The quantitative estimate of drug-likeness (QED) is 0.725. The molecule has 0 N–H and O–H groups in total. The van der Waals surface area contributed by atoms with Crippen molar-refractivity contribution in [1.82, 2.24) is 0 Å². The first kappa shape index (κ1) is 10.5. The second kappa shape index (κ2) is 3.62. The highest BCUT2D eigenvalue weighted by molar-refractivity contribution is 7.12. The molecule has 1 nitrogen and oxygen atoms in total. The van der Waals surface area contributed by atoms with E-state index in [0.29, 0.717) is 6.42 Å². The third-order valence-electron chi connectivity index (χ3n) is 2.10. The number of carbonyl (C=O) groups is 1. The Hall–Kier alpha value is -0.630. The molecule has 0 aromatic carbocycles. The molecule has 13 heavy (non-hydrogen) atoms. The van der Waals surface area contributed by atoms with Gasteiger partial charge in [0.15, 0.2) is 0 Å². The number of thiophene rings is 1. The van der Waals surface area contributed by atoms with Crippen LogP contribution in [0.3, 0.4) is 0 Å². The van der Waals surface area contributed by atoms with Crippen LogP contribution < -0.4 is 0 Å². The highest BCUT2D eigenvalue weighted by atomic mass is 32.1. The normalized spacial score (nSPS) is 11.7. The van der Waals surface area contributed by atoms with Crippen molar-refractivity contribution in [1.29, 1.82) is 0 Å². The minimum atomic E-state index is 0.00472. The summed E-state index contributed by atoms with van der Waals surface area (Å²) in [5.41, 5.74) is 0.00472. The Morgan fingerprint density at radius 2 is 2.08 bits per heavy atom. The van der Waals surface area contributed by atoms with E-state index in [1.807, 2.05) is 0 Å². The average Bonchev–Trinajstić information content (AvgIpc) is 2.32. The zero-order valence-corrected chi connectivity index (χ0v) is 9.49. The lowest BCUT2D eigenvalue weighted by Gasteiger charge is -2.21. The Balaban J connectivity index is 2.86. The summed E-state index contributed by atoms with van der Waals surface area (Å²) in [6, 6.07) is 4.24. The van der Waals surface area contributed by atoms with Gasteiger partial charge in [-0.25, -0.2) is 0 Å². The van der Waals surface area contributed by atoms with Crippen LogP contribution in [0.25, 0.3) is 0 Å². The number of hydrogen-bond acceptors (Lipinski definition) is 2. The highest BCUT2D eigenvalue weighted by Gasteiger charge is 2.23. The molecule has 0 aliphatic rings. The van der Waals surface area contributed by atoms with E-state index in [9.17, 15) is 4.79 Å². The van der Waals surface area contributed by atoms with Crippen LogP contribution in [0.15, 0.2) is 12.1 Å². The smallest absolute Gasteiger partial charge is 0.130 e. The van der Waals surface area contributed by atoms with E-state index in [4.69, 9.17) is 0 Å². The molecule has 0 aliphatic carbocycles. The number of ketones is 1. The molecule has 0 aliphatic heterocycles. The van der Waals surface area contributed by atoms with Crippen molar-refractivity contribution in [3.63, 3.8) is 0 Å². The summed E-state index contributed by atoms with van der Waals surface area (Å²) in [7, 11) is 0. The van der Waals surface area contributed by atoms with Crippen LogP contribution in [0.5, 0.6) is 0 Å². The second-order valence-corrected chi connectivity index (χ2v) is 5.46. The molecule has 1 rings (SSSR count). The van der Waals surface area contributed by atoms with E-state index >= 15 is 0 Å². The van der Waals surface area contributed by atoms with Gasteiger partial charge in [0.25, 0.3) is 0 Å². The van der Waals surface area contributed by atoms with Gasteiger partial charge in [0.05, 0.1) is 0 Å². The molecule has 0 atom stereocenters. The zero-order valence-electron chi connectivity index (χ0n) is 8.68. The third-order valence-corrected chi connectivity index (χ3v) is 3.46. The maximum Gasteiger partial charge on any atom is 0.130 e. The van der Waals surface area contributed by atoms with Crippen LogP contribution >= 0.6 is 11.3 Å². The summed E-state index contributed by atoms with van der Waals surface area (Å²) >= 11 is 1.78. The summed E-state index contributed by atoms with van der Waals surface area (Å²) in [5, 5.41) is 0. The van der Waals surface area contributed by atoms with E-state index in [1.54, 1.807) is 18.3 Å². The standard InChI is InChI=1S/C11H16OS/c1-8(12)7-11(3,4)10-6-5-9(2)13-10/h5-6H,7H2,1-4H3. The maximum atomic E-state index is 11.0. The molecule has 72 valence electrons. The summed E-state index contributed by atoms with van der Waals surface area (Å²) in [6.07, 6.45) is 0.632. The third kappa shape index (κ3) is 2.66. The molecule has 0 saturated carbocycles. The van der Waals surface area contributed by atoms with Crippen molar-refractivity contribution in [2.45, 2.75) is 39.5 Å². The molecular weight excluding hydrogens is 180 g/mol. The van der Waals surface area contributed by atoms with Crippen LogP contribution in [-0.2, 0) is 10.2 Å². The Morgan fingerprint density at radius 3 is 2.46 bits per heavy atom. The fraction of sp³-hybridized carbons (Fsp3) is 0.545. The Morgan fingerprint density at radius 1 is 1.46 bits per heavy atom. The molecule has 1 aromatic rings. The van der Waals surface area contributed by atoms with E-state index in [-0.39, 0.29) is 11.2 Å².